The Labute approximate surface area is 86.1 Å². The van der Waals surface area contributed by atoms with E-state index in [1.165, 1.54) is 16.7 Å². The second-order valence-electron chi connectivity index (χ2n) is 3.48. The number of rotatable bonds is 3. The van der Waals surface area contributed by atoms with Crippen molar-refractivity contribution in [2.24, 2.45) is 0 Å². The van der Waals surface area contributed by atoms with Gasteiger partial charge < -0.3 is 4.74 Å². The van der Waals surface area contributed by atoms with Gasteiger partial charge in [0.15, 0.2) is 0 Å². The van der Waals surface area contributed by atoms with Crippen molar-refractivity contribution in [2.75, 3.05) is 7.11 Å². The number of hydrogen-bond acceptors (Lipinski definition) is 1. The molecule has 1 aromatic rings. The van der Waals surface area contributed by atoms with Gasteiger partial charge >= 0.3 is 0 Å². The molecule has 0 aliphatic rings. The number of methoxy groups -OCH3 is 1. The lowest BCUT2D eigenvalue weighted by Gasteiger charge is -2.11. The van der Waals surface area contributed by atoms with Crippen LogP contribution in [-0.4, -0.2) is 7.11 Å². The number of terminal acetylenes is 1. The average molecular weight is 188 g/mol. The first-order chi connectivity index (χ1) is 6.69. The number of ether oxygens (including phenoxy) is 1. The topological polar surface area (TPSA) is 9.23 Å². The lowest BCUT2D eigenvalue weighted by atomic mass is 10.0. The molecule has 0 radical (unpaired) electrons. The molecule has 74 valence electrons. The van der Waals surface area contributed by atoms with Gasteiger partial charge in [0, 0.05) is 6.42 Å². The van der Waals surface area contributed by atoms with Crippen molar-refractivity contribution in [1.29, 1.82) is 0 Å². The molecule has 0 amide bonds. The minimum Gasteiger partial charge on any atom is -0.496 e. The Morgan fingerprint density at radius 1 is 1.36 bits per heavy atom. The summed E-state index contributed by atoms with van der Waals surface area (Å²) in [5.74, 6) is 3.63. The molecule has 14 heavy (non-hydrogen) atoms. The van der Waals surface area contributed by atoms with E-state index in [-0.39, 0.29) is 0 Å². The number of hydrogen-bond donors (Lipinski definition) is 0. The van der Waals surface area contributed by atoms with E-state index in [0.717, 1.165) is 18.6 Å². The van der Waals surface area contributed by atoms with Crippen LogP contribution in [0.4, 0.5) is 0 Å². The van der Waals surface area contributed by atoms with Crippen molar-refractivity contribution < 1.29 is 4.74 Å². The van der Waals surface area contributed by atoms with Gasteiger partial charge in [0.1, 0.15) is 5.75 Å². The molecular weight excluding hydrogens is 172 g/mol. The summed E-state index contributed by atoms with van der Waals surface area (Å²) in [5, 5.41) is 0. The molecule has 0 atom stereocenters. The zero-order valence-corrected chi connectivity index (χ0v) is 9.05. The van der Waals surface area contributed by atoms with Gasteiger partial charge in [-0.25, -0.2) is 0 Å². The van der Waals surface area contributed by atoms with Crippen LogP contribution in [0.3, 0.4) is 0 Å². The summed E-state index contributed by atoms with van der Waals surface area (Å²) >= 11 is 0. The Bertz CT molecular complexity index is 358. The summed E-state index contributed by atoms with van der Waals surface area (Å²) in [4.78, 5) is 0. The number of aryl methyl sites for hydroxylation is 3. The first-order valence-electron chi connectivity index (χ1n) is 4.76. The predicted octanol–water partition coefficient (Wildman–Crippen LogP) is 2.88. The van der Waals surface area contributed by atoms with Crippen LogP contribution in [0, 0.1) is 26.2 Å². The van der Waals surface area contributed by atoms with Crippen LogP contribution >= 0.6 is 0 Å². The summed E-state index contributed by atoms with van der Waals surface area (Å²) in [6.45, 7) is 4.15. The van der Waals surface area contributed by atoms with Crippen LogP contribution in [0.5, 0.6) is 5.75 Å². The maximum absolute atomic E-state index is 5.36. The van der Waals surface area contributed by atoms with E-state index < -0.39 is 0 Å². The van der Waals surface area contributed by atoms with E-state index >= 15 is 0 Å². The minimum atomic E-state index is 0.763. The van der Waals surface area contributed by atoms with E-state index in [1.54, 1.807) is 7.11 Å². The molecule has 1 rings (SSSR count). The minimum absolute atomic E-state index is 0.763. The number of benzene rings is 1. The maximum Gasteiger partial charge on any atom is 0.125 e. The van der Waals surface area contributed by atoms with Crippen molar-refractivity contribution in [2.45, 2.75) is 26.7 Å². The second kappa shape index (κ2) is 4.72. The van der Waals surface area contributed by atoms with Gasteiger partial charge in [-0.2, -0.15) is 0 Å². The summed E-state index contributed by atoms with van der Waals surface area (Å²) in [5.41, 5.74) is 3.65. The van der Waals surface area contributed by atoms with Crippen molar-refractivity contribution in [1.82, 2.24) is 0 Å². The normalized spacial score (nSPS) is 9.57. The molecule has 0 aliphatic heterocycles. The fourth-order valence-corrected chi connectivity index (χ4v) is 1.73. The van der Waals surface area contributed by atoms with Crippen LogP contribution in [0.15, 0.2) is 12.1 Å². The highest BCUT2D eigenvalue weighted by molar-refractivity contribution is 5.44. The molecule has 0 aromatic heterocycles. The molecule has 1 heteroatoms. The highest BCUT2D eigenvalue weighted by atomic mass is 16.5. The van der Waals surface area contributed by atoms with E-state index in [1.807, 2.05) is 0 Å². The smallest absolute Gasteiger partial charge is 0.125 e. The van der Waals surface area contributed by atoms with Crippen molar-refractivity contribution in [3.63, 3.8) is 0 Å². The summed E-state index contributed by atoms with van der Waals surface area (Å²) in [7, 11) is 1.71. The molecule has 0 heterocycles. The third kappa shape index (κ3) is 2.29. The molecule has 0 N–H and O–H groups in total. The average Bonchev–Trinajstić information content (AvgIpc) is 2.14. The van der Waals surface area contributed by atoms with E-state index in [4.69, 9.17) is 11.2 Å². The lowest BCUT2D eigenvalue weighted by Crippen LogP contribution is -1.96. The second-order valence-corrected chi connectivity index (χ2v) is 3.48. The molecule has 0 saturated carbocycles. The van der Waals surface area contributed by atoms with Gasteiger partial charge in [0.05, 0.1) is 7.11 Å². The van der Waals surface area contributed by atoms with Crippen LogP contribution in [0.2, 0.25) is 0 Å². The Morgan fingerprint density at radius 2 is 2.07 bits per heavy atom. The Hall–Kier alpha value is -1.42. The zero-order chi connectivity index (χ0) is 10.6. The van der Waals surface area contributed by atoms with Crippen molar-refractivity contribution in [3.8, 4) is 18.1 Å². The third-order valence-corrected chi connectivity index (χ3v) is 2.24. The first-order valence-corrected chi connectivity index (χ1v) is 4.76. The molecule has 1 nitrogen and oxygen atoms in total. The molecule has 0 unspecified atom stereocenters. The Morgan fingerprint density at radius 3 is 2.64 bits per heavy atom. The van der Waals surface area contributed by atoms with Gasteiger partial charge in [0.2, 0.25) is 0 Å². The molecule has 0 fully saturated rings. The molecule has 0 saturated heterocycles. The Balaban J connectivity index is 3.06. The standard InChI is InChI=1S/C13H16O/c1-5-6-7-12-9-10(2)8-11(3)13(12)14-4/h1,8-9H,6-7H2,2-4H3. The summed E-state index contributed by atoms with van der Waals surface area (Å²) in [6, 6.07) is 4.27. The molecule has 0 bridgehead atoms. The van der Waals surface area contributed by atoms with Crippen LogP contribution in [-0.2, 0) is 6.42 Å². The SMILES string of the molecule is C#CCCc1cc(C)cc(C)c1OC. The fraction of sp³-hybridized carbons (Fsp3) is 0.385. The van der Waals surface area contributed by atoms with Crippen molar-refractivity contribution in [3.05, 3.63) is 28.8 Å². The van der Waals surface area contributed by atoms with E-state index in [0.29, 0.717) is 0 Å². The van der Waals surface area contributed by atoms with E-state index in [9.17, 15) is 0 Å². The van der Waals surface area contributed by atoms with Gasteiger partial charge in [-0.15, -0.1) is 12.3 Å². The summed E-state index contributed by atoms with van der Waals surface area (Å²) < 4.78 is 5.36. The van der Waals surface area contributed by atoms with Gasteiger partial charge in [-0.1, -0.05) is 17.7 Å². The lowest BCUT2D eigenvalue weighted by molar-refractivity contribution is 0.406. The maximum atomic E-state index is 5.36. The molecule has 0 aliphatic carbocycles. The van der Waals surface area contributed by atoms with Gasteiger partial charge in [0.25, 0.3) is 0 Å². The van der Waals surface area contributed by atoms with Gasteiger partial charge in [-0.3, -0.25) is 0 Å². The zero-order valence-electron chi connectivity index (χ0n) is 9.05. The van der Waals surface area contributed by atoms with Crippen LogP contribution < -0.4 is 4.74 Å². The van der Waals surface area contributed by atoms with Crippen molar-refractivity contribution >= 4 is 0 Å². The highest BCUT2D eigenvalue weighted by Gasteiger charge is 2.06. The quantitative estimate of drug-likeness (QED) is 0.663. The van der Waals surface area contributed by atoms with Crippen LogP contribution in [0.1, 0.15) is 23.1 Å². The predicted molar refractivity (Wildman–Crippen MR) is 59.6 cm³/mol. The molecular formula is C13H16O. The Kier molecular flexibility index (Phi) is 3.59. The first kappa shape index (κ1) is 10.7. The van der Waals surface area contributed by atoms with E-state index in [2.05, 4.69) is 31.9 Å². The highest BCUT2D eigenvalue weighted by Crippen LogP contribution is 2.25. The third-order valence-electron chi connectivity index (χ3n) is 2.24. The fourth-order valence-electron chi connectivity index (χ4n) is 1.73. The monoisotopic (exact) mass is 188 g/mol. The molecule has 1 aromatic carbocycles. The summed E-state index contributed by atoms with van der Waals surface area (Å²) in [6.07, 6.45) is 6.91. The van der Waals surface area contributed by atoms with Gasteiger partial charge in [-0.05, 0) is 31.4 Å². The molecule has 0 spiro atoms. The van der Waals surface area contributed by atoms with Crippen LogP contribution in [0.25, 0.3) is 0 Å². The largest absolute Gasteiger partial charge is 0.496 e.